The molecule has 2 amide bonds. The Bertz CT molecular complexity index is 2060. The van der Waals surface area contributed by atoms with Crippen molar-refractivity contribution in [3.05, 3.63) is 76.2 Å². The van der Waals surface area contributed by atoms with Gasteiger partial charge in [-0.3, -0.25) is 14.4 Å². The van der Waals surface area contributed by atoms with E-state index in [1.54, 1.807) is 11.8 Å². The minimum atomic E-state index is -9.90. The summed E-state index contributed by atoms with van der Waals surface area (Å²) < 4.78 is 68.8. The van der Waals surface area contributed by atoms with Crippen LogP contribution in [0, 0.1) is 0 Å². The number of aromatic nitrogens is 5. The highest BCUT2D eigenvalue weighted by atomic mass is 32.5. The first-order chi connectivity index (χ1) is 23.5. The van der Waals surface area contributed by atoms with E-state index in [1.165, 1.54) is 27.8 Å². The fourth-order valence-corrected chi connectivity index (χ4v) is 6.92. The number of hydrogen-bond donors (Lipinski definition) is 2. The maximum atomic E-state index is 14.2. The van der Waals surface area contributed by atoms with Crippen molar-refractivity contribution < 1.29 is 34.1 Å². The molecule has 0 unspecified atom stereocenters. The molecule has 1 aliphatic heterocycles. The van der Waals surface area contributed by atoms with Gasteiger partial charge < -0.3 is 24.8 Å². The van der Waals surface area contributed by atoms with E-state index in [-0.39, 0.29) is 73.3 Å². The summed E-state index contributed by atoms with van der Waals surface area (Å²) in [7, 11) is -9.90. The molecule has 0 atom stereocenters. The zero-order chi connectivity index (χ0) is 35.9. The Morgan fingerprint density at radius 1 is 0.980 bits per heavy atom. The molecule has 12 nitrogen and oxygen atoms in total. The summed E-state index contributed by atoms with van der Waals surface area (Å²) in [5.41, 5.74) is 0.847. The number of pyridine rings is 1. The van der Waals surface area contributed by atoms with Crippen molar-refractivity contribution in [3.63, 3.8) is 0 Å². The molecule has 2 N–H and O–H groups in total. The van der Waals surface area contributed by atoms with Crippen molar-refractivity contribution in [1.82, 2.24) is 29.0 Å². The smallest absolute Gasteiger partial charge is 0.310 e. The second-order valence-corrected chi connectivity index (χ2v) is 14.6. The van der Waals surface area contributed by atoms with Crippen LogP contribution in [0.3, 0.4) is 0 Å². The number of rotatable bonds is 8. The van der Waals surface area contributed by atoms with Gasteiger partial charge in [0.25, 0.3) is 11.5 Å². The van der Waals surface area contributed by atoms with Crippen LogP contribution in [0.25, 0.3) is 11.4 Å². The fourth-order valence-electron chi connectivity index (χ4n) is 6.27. The molecule has 0 spiro atoms. The summed E-state index contributed by atoms with van der Waals surface area (Å²) >= 11 is 0. The molecule has 1 fully saturated rings. The van der Waals surface area contributed by atoms with Crippen LogP contribution < -0.4 is 15.8 Å². The van der Waals surface area contributed by atoms with E-state index in [0.717, 1.165) is 47.9 Å². The van der Waals surface area contributed by atoms with E-state index in [4.69, 9.17) is 0 Å². The van der Waals surface area contributed by atoms with Gasteiger partial charge in [-0.05, 0) is 74.1 Å². The predicted molar refractivity (Wildman–Crippen MR) is 178 cm³/mol. The topological polar surface area (TPSA) is 138 Å². The van der Waals surface area contributed by atoms with Gasteiger partial charge in [0.2, 0.25) is 11.7 Å². The molecule has 4 heterocycles. The molecule has 2 aliphatic rings. The van der Waals surface area contributed by atoms with Gasteiger partial charge in [0.1, 0.15) is 22.9 Å². The second-order valence-electron chi connectivity index (χ2n) is 12.2. The molecule has 6 rings (SSSR count). The first-order valence-corrected chi connectivity index (χ1v) is 18.0. The lowest BCUT2D eigenvalue weighted by Gasteiger charge is -2.40. The summed E-state index contributed by atoms with van der Waals surface area (Å²) in [4.78, 5) is 50.5. The van der Waals surface area contributed by atoms with E-state index in [1.807, 2.05) is 6.08 Å². The van der Waals surface area contributed by atoms with Crippen molar-refractivity contribution in [3.8, 4) is 5.75 Å². The average molecular weight is 723 g/mol. The third kappa shape index (κ3) is 7.15. The summed E-state index contributed by atoms with van der Waals surface area (Å²) in [6, 6.07) is 4.80. The van der Waals surface area contributed by atoms with Crippen LogP contribution in [0.5, 0.6) is 5.75 Å². The number of piperazine rings is 1. The molecule has 0 bridgehead atoms. The van der Waals surface area contributed by atoms with Crippen LogP contribution in [-0.4, -0.2) is 72.1 Å². The van der Waals surface area contributed by atoms with Crippen LogP contribution in [0.2, 0.25) is 0 Å². The van der Waals surface area contributed by atoms with Gasteiger partial charge >= 0.3 is 10.2 Å². The Kier molecular flexibility index (Phi) is 8.64. The number of hydrogen-bond acceptors (Lipinski definition) is 8. The third-order valence-electron chi connectivity index (χ3n) is 8.75. The zero-order valence-corrected chi connectivity index (χ0v) is 27.8. The fraction of sp³-hybridized carbons (Fsp3) is 0.375. The zero-order valence-electron chi connectivity index (χ0n) is 27.0. The van der Waals surface area contributed by atoms with Crippen molar-refractivity contribution in [1.29, 1.82) is 0 Å². The number of carbonyl (C=O) groups excluding carboxylic acids is 2. The average Bonchev–Trinajstić information content (AvgIpc) is 3.33. The van der Waals surface area contributed by atoms with Crippen LogP contribution in [0.1, 0.15) is 61.0 Å². The summed E-state index contributed by atoms with van der Waals surface area (Å²) in [6.07, 6.45) is 8.18. The molecule has 0 radical (unpaired) electrons. The quantitative estimate of drug-likeness (QED) is 0.207. The Balaban J connectivity index is 1.34. The van der Waals surface area contributed by atoms with Crippen molar-refractivity contribution in [2.24, 2.45) is 0 Å². The van der Waals surface area contributed by atoms with Gasteiger partial charge in [0.05, 0.1) is 5.69 Å². The highest BCUT2D eigenvalue weighted by Crippen LogP contribution is 3.02. The number of aromatic hydroxyl groups is 1. The SMILES string of the molecule is CCc1c(N2CCN(C(=O)c3ncccc3O)CC2)c(=O)n2nc(C3=CCCCCC3)nc2n1CC(=O)Nc1ccc(S(F)(F)(F)(F)F)cc1. The second kappa shape index (κ2) is 12.4. The van der Waals surface area contributed by atoms with Crippen LogP contribution in [-0.2, 0) is 17.8 Å². The third-order valence-corrected chi connectivity index (χ3v) is 9.91. The number of carbonyl (C=O) groups is 2. The van der Waals surface area contributed by atoms with E-state index in [9.17, 15) is 38.9 Å². The van der Waals surface area contributed by atoms with Gasteiger partial charge in [0.15, 0.2) is 11.5 Å². The molecule has 50 heavy (non-hydrogen) atoms. The lowest BCUT2D eigenvalue weighted by Crippen LogP contribution is -2.51. The Morgan fingerprint density at radius 3 is 2.36 bits per heavy atom. The first-order valence-electron chi connectivity index (χ1n) is 16.1. The molecule has 1 aromatic carbocycles. The Hall–Kier alpha value is -5.00. The number of amides is 2. The predicted octanol–water partition coefficient (Wildman–Crippen LogP) is 6.16. The largest absolute Gasteiger partial charge is 0.505 e. The number of anilines is 2. The number of halogens is 5. The number of allylic oxidation sites excluding steroid dienone is 2. The highest BCUT2D eigenvalue weighted by Gasteiger charge is 2.65. The molecule has 1 saturated heterocycles. The minimum Gasteiger partial charge on any atom is -0.505 e. The molecular formula is C32H35F5N8O4S. The molecule has 3 aromatic heterocycles. The van der Waals surface area contributed by atoms with Gasteiger partial charge in [0, 0.05) is 38.1 Å². The van der Waals surface area contributed by atoms with E-state index in [2.05, 4.69) is 20.4 Å². The number of nitrogens with one attached hydrogen (secondary N) is 1. The highest BCUT2D eigenvalue weighted by molar-refractivity contribution is 8.45. The maximum Gasteiger partial charge on any atom is 0.310 e. The van der Waals surface area contributed by atoms with Gasteiger partial charge in [-0.25, -0.2) is 4.98 Å². The molecule has 4 aromatic rings. The van der Waals surface area contributed by atoms with E-state index >= 15 is 0 Å². The first kappa shape index (κ1) is 34.8. The standard InChI is InChI=1S/C32H35F5N8O4S/c1-2-24-28(42-16-18-43(19-17-42)30(48)27-25(46)10-7-15-38-27)31(49)45-32(40-29(41-45)21-8-5-3-4-6-9-21)44(24)20-26(47)39-22-11-13-23(14-12-22)50(33,34,35,36)37/h7-8,10-15,46H,2-6,9,16-20H2,1H3,(H,39,47). The van der Waals surface area contributed by atoms with Crippen molar-refractivity contribution in [2.45, 2.75) is 56.9 Å². The van der Waals surface area contributed by atoms with Gasteiger partial charge in [-0.2, -0.15) is 9.50 Å². The lowest BCUT2D eigenvalue weighted by atomic mass is 10.1. The molecule has 268 valence electrons. The minimum absolute atomic E-state index is 0.0848. The normalized spacial score (nSPS) is 17.1. The van der Waals surface area contributed by atoms with Gasteiger partial charge in [-0.15, -0.1) is 5.10 Å². The maximum absolute atomic E-state index is 14.2. The molecular weight excluding hydrogens is 687 g/mol. The summed E-state index contributed by atoms with van der Waals surface area (Å²) in [5.74, 6) is -0.994. The van der Waals surface area contributed by atoms with Crippen molar-refractivity contribution >= 4 is 44.8 Å². The number of benzene rings is 1. The van der Waals surface area contributed by atoms with Crippen molar-refractivity contribution in [2.75, 3.05) is 36.4 Å². The monoisotopic (exact) mass is 722 g/mol. The van der Waals surface area contributed by atoms with E-state index in [0.29, 0.717) is 17.9 Å². The Morgan fingerprint density at radius 2 is 1.70 bits per heavy atom. The molecule has 0 saturated carbocycles. The summed E-state index contributed by atoms with van der Waals surface area (Å²) in [6.45, 7) is 2.20. The van der Waals surface area contributed by atoms with Crippen LogP contribution in [0.4, 0.5) is 30.8 Å². The molecule has 1 aliphatic carbocycles. The van der Waals surface area contributed by atoms with E-state index < -0.39 is 39.0 Å². The van der Waals surface area contributed by atoms with Gasteiger partial charge in [-0.1, -0.05) is 38.8 Å². The lowest BCUT2D eigenvalue weighted by molar-refractivity contribution is -0.116. The Labute approximate surface area is 283 Å². The number of fused-ring (bicyclic) bond motifs is 1. The number of nitrogens with zero attached hydrogens (tertiary/aromatic N) is 7. The summed E-state index contributed by atoms with van der Waals surface area (Å²) in [5, 5.41) is 17.1. The van der Waals surface area contributed by atoms with Crippen LogP contribution >= 0.6 is 10.2 Å². The van der Waals surface area contributed by atoms with Crippen LogP contribution in [0.15, 0.2) is 58.4 Å². The molecule has 18 heteroatoms.